The fourth-order valence-electron chi connectivity index (χ4n) is 1.66. The van der Waals surface area contributed by atoms with E-state index in [-0.39, 0.29) is 5.41 Å². The first-order chi connectivity index (χ1) is 8.81. The van der Waals surface area contributed by atoms with Crippen molar-refractivity contribution in [1.29, 1.82) is 0 Å². The Morgan fingerprint density at radius 2 is 2.11 bits per heavy atom. The summed E-state index contributed by atoms with van der Waals surface area (Å²) in [4.78, 5) is 4.67. The zero-order valence-corrected chi connectivity index (χ0v) is 13.8. The number of methoxy groups -OCH3 is 1. The van der Waals surface area contributed by atoms with E-state index in [0.717, 1.165) is 26.7 Å². The fraction of sp³-hybridized carbons (Fsp3) is 0.385. The zero-order valence-electron chi connectivity index (χ0n) is 11.3. The van der Waals surface area contributed by atoms with Crippen LogP contribution in [0, 0.1) is 0 Å². The van der Waals surface area contributed by atoms with Gasteiger partial charge in [0, 0.05) is 11.5 Å². The minimum Gasteiger partial charge on any atom is -0.494 e. The Kier molecular flexibility index (Phi) is 4.03. The second-order valence-corrected chi connectivity index (χ2v) is 7.41. The van der Waals surface area contributed by atoms with Gasteiger partial charge in [-0.3, -0.25) is 0 Å². The minimum absolute atomic E-state index is 0.0450. The first kappa shape index (κ1) is 14.6. The number of rotatable bonds is 2. The number of nitrogens with zero attached hydrogens (tertiary/aromatic N) is 1. The molecule has 6 heteroatoms. The summed E-state index contributed by atoms with van der Waals surface area (Å²) in [5.41, 5.74) is 1.81. The van der Waals surface area contributed by atoms with Crippen LogP contribution in [-0.4, -0.2) is 16.4 Å². The van der Waals surface area contributed by atoms with Gasteiger partial charge in [-0.05, 0) is 6.07 Å². The van der Waals surface area contributed by atoms with Gasteiger partial charge >= 0.3 is 0 Å². The lowest BCUT2D eigenvalue weighted by molar-refractivity contribution is 0.417. The maximum atomic E-state index is 5.36. The summed E-state index contributed by atoms with van der Waals surface area (Å²) in [7, 11) is 1.63. The van der Waals surface area contributed by atoms with Gasteiger partial charge in [0.1, 0.15) is 10.1 Å². The van der Waals surface area contributed by atoms with Crippen LogP contribution < -0.4 is 10.1 Å². The van der Waals surface area contributed by atoms with Crippen LogP contribution in [0.2, 0.25) is 0 Å². The number of fused-ring (bicyclic) bond motifs is 1. The van der Waals surface area contributed by atoms with E-state index in [1.54, 1.807) is 18.4 Å². The van der Waals surface area contributed by atoms with E-state index < -0.39 is 0 Å². The highest BCUT2D eigenvalue weighted by Crippen LogP contribution is 2.36. The lowest BCUT2D eigenvalue weighted by Crippen LogP contribution is -2.09. The predicted molar refractivity (Wildman–Crippen MR) is 90.1 cm³/mol. The number of thiocarbonyl (C=S) groups is 1. The maximum Gasteiger partial charge on any atom is 0.144 e. The Morgan fingerprint density at radius 3 is 2.63 bits per heavy atom. The highest BCUT2D eigenvalue weighted by atomic mass is 32.1. The smallest absolute Gasteiger partial charge is 0.144 e. The van der Waals surface area contributed by atoms with Crippen molar-refractivity contribution >= 4 is 56.4 Å². The Hall–Kier alpha value is -0.850. The van der Waals surface area contributed by atoms with Crippen molar-refractivity contribution in [2.45, 2.75) is 26.2 Å². The van der Waals surface area contributed by atoms with Gasteiger partial charge in [0.05, 0.1) is 28.0 Å². The van der Waals surface area contributed by atoms with Crippen LogP contribution in [0.5, 0.6) is 5.75 Å². The Morgan fingerprint density at radius 1 is 1.42 bits per heavy atom. The van der Waals surface area contributed by atoms with Crippen molar-refractivity contribution in [1.82, 2.24) is 4.98 Å². The largest absolute Gasteiger partial charge is 0.494 e. The third-order valence-electron chi connectivity index (χ3n) is 2.59. The lowest BCUT2D eigenvalue weighted by Gasteiger charge is -2.13. The van der Waals surface area contributed by atoms with E-state index in [2.05, 4.69) is 43.7 Å². The number of ether oxygens (including phenoxy) is 1. The number of aromatic nitrogens is 1. The molecule has 0 aliphatic carbocycles. The van der Waals surface area contributed by atoms with Crippen LogP contribution in [0.15, 0.2) is 12.1 Å². The van der Waals surface area contributed by atoms with Crippen molar-refractivity contribution in [2.75, 3.05) is 12.4 Å². The van der Waals surface area contributed by atoms with Gasteiger partial charge in [-0.1, -0.05) is 33.0 Å². The van der Waals surface area contributed by atoms with E-state index in [1.165, 1.54) is 0 Å². The number of nitrogens with one attached hydrogen (secondary N) is 1. The monoisotopic (exact) mass is 312 g/mol. The summed E-state index contributed by atoms with van der Waals surface area (Å²) < 4.78 is 6.88. The Balaban J connectivity index is 2.57. The van der Waals surface area contributed by atoms with Crippen molar-refractivity contribution in [3.63, 3.8) is 0 Å². The normalized spacial score (nSPS) is 11.6. The van der Waals surface area contributed by atoms with Gasteiger partial charge < -0.3 is 10.1 Å². The molecule has 2 aromatic rings. The molecule has 3 nitrogen and oxygen atoms in total. The predicted octanol–water partition coefficient (Wildman–Crippen LogP) is 4.23. The molecule has 0 aliphatic heterocycles. The molecule has 0 amide bonds. The SMILES string of the molecule is COc1cc2nc(C(C)(C)C)sc2cc1NC(=S)S. The topological polar surface area (TPSA) is 34.1 Å². The molecule has 2 rings (SSSR count). The number of hydrogen-bond donors (Lipinski definition) is 2. The van der Waals surface area contributed by atoms with Gasteiger partial charge in [-0.15, -0.1) is 24.0 Å². The molecule has 1 aromatic carbocycles. The summed E-state index contributed by atoms with van der Waals surface area (Å²) >= 11 is 10.7. The Bertz CT molecular complexity index is 629. The molecule has 1 heterocycles. The zero-order chi connectivity index (χ0) is 14.2. The van der Waals surface area contributed by atoms with Crippen molar-refractivity contribution < 1.29 is 4.74 Å². The molecule has 0 radical (unpaired) electrons. The quantitative estimate of drug-likeness (QED) is 0.642. The summed E-state index contributed by atoms with van der Waals surface area (Å²) in [5.74, 6) is 0.717. The van der Waals surface area contributed by atoms with E-state index in [1.807, 2.05) is 12.1 Å². The fourth-order valence-corrected chi connectivity index (χ4v) is 2.93. The van der Waals surface area contributed by atoms with Gasteiger partial charge in [0.2, 0.25) is 0 Å². The van der Waals surface area contributed by atoms with E-state index in [0.29, 0.717) is 4.32 Å². The molecular formula is C13H16N2OS3. The number of thiol groups is 1. The highest BCUT2D eigenvalue weighted by Gasteiger charge is 2.19. The standard InChI is InChI=1S/C13H16N2OS3/c1-13(2,3)11-14-8-5-9(16-4)7(15-12(17)18)6-10(8)19-11/h5-6H,1-4H3,(H2,15,17,18). The number of hydrogen-bond acceptors (Lipinski definition) is 4. The van der Waals surface area contributed by atoms with Crippen molar-refractivity contribution in [2.24, 2.45) is 0 Å². The average Bonchev–Trinajstić information content (AvgIpc) is 2.69. The first-order valence-electron chi connectivity index (χ1n) is 5.80. The van der Waals surface area contributed by atoms with Crippen LogP contribution in [0.4, 0.5) is 5.69 Å². The molecule has 0 saturated heterocycles. The van der Waals surface area contributed by atoms with Crippen molar-refractivity contribution in [3.05, 3.63) is 17.1 Å². The molecule has 102 valence electrons. The molecular weight excluding hydrogens is 296 g/mol. The second-order valence-electron chi connectivity index (χ2n) is 5.22. The van der Waals surface area contributed by atoms with Crippen LogP contribution in [0.3, 0.4) is 0 Å². The number of benzene rings is 1. The van der Waals surface area contributed by atoms with E-state index in [4.69, 9.17) is 17.0 Å². The van der Waals surface area contributed by atoms with Crippen LogP contribution in [0.1, 0.15) is 25.8 Å². The first-order valence-corrected chi connectivity index (χ1v) is 7.47. The summed E-state index contributed by atoms with van der Waals surface area (Å²) in [5, 5.41) is 4.12. The molecule has 0 atom stereocenters. The maximum absolute atomic E-state index is 5.36. The second kappa shape index (κ2) is 5.26. The van der Waals surface area contributed by atoms with E-state index in [9.17, 15) is 0 Å². The van der Waals surface area contributed by atoms with Gasteiger partial charge in [-0.25, -0.2) is 4.98 Å². The highest BCUT2D eigenvalue weighted by molar-refractivity contribution is 8.11. The molecule has 0 fully saturated rings. The number of thiazole rings is 1. The number of anilines is 1. The summed E-state index contributed by atoms with van der Waals surface area (Å²) in [6, 6.07) is 3.93. The lowest BCUT2D eigenvalue weighted by atomic mass is 9.98. The Labute approximate surface area is 127 Å². The molecule has 1 aromatic heterocycles. The average molecular weight is 312 g/mol. The summed E-state index contributed by atoms with van der Waals surface area (Å²) in [6.45, 7) is 6.47. The molecule has 0 spiro atoms. The van der Waals surface area contributed by atoms with Crippen LogP contribution in [-0.2, 0) is 5.41 Å². The molecule has 19 heavy (non-hydrogen) atoms. The third kappa shape index (κ3) is 3.19. The van der Waals surface area contributed by atoms with E-state index >= 15 is 0 Å². The third-order valence-corrected chi connectivity index (χ3v) is 4.25. The molecule has 0 saturated carbocycles. The molecule has 1 N–H and O–H groups in total. The van der Waals surface area contributed by atoms with Gasteiger partial charge in [0.15, 0.2) is 0 Å². The van der Waals surface area contributed by atoms with Gasteiger partial charge in [0.25, 0.3) is 0 Å². The van der Waals surface area contributed by atoms with Crippen molar-refractivity contribution in [3.8, 4) is 5.75 Å². The molecule has 0 aliphatic rings. The summed E-state index contributed by atoms with van der Waals surface area (Å²) in [6.07, 6.45) is 0. The molecule has 0 unspecified atom stereocenters. The molecule has 0 bridgehead atoms. The van der Waals surface area contributed by atoms with Crippen LogP contribution in [0.25, 0.3) is 10.2 Å². The van der Waals surface area contributed by atoms with Crippen LogP contribution >= 0.6 is 36.2 Å². The minimum atomic E-state index is 0.0450. The van der Waals surface area contributed by atoms with Gasteiger partial charge in [-0.2, -0.15) is 0 Å².